The molecule has 1 heterocycles. The van der Waals surface area contributed by atoms with Crippen molar-refractivity contribution < 1.29 is 34.1 Å². The molecular weight excluding hydrogens is 674 g/mol. The third kappa shape index (κ3) is 13.8. The number of hydrogen-bond donors (Lipinski definition) is 6. The highest BCUT2D eigenvalue weighted by Gasteiger charge is 2.30. The van der Waals surface area contributed by atoms with Gasteiger partial charge in [0.05, 0.1) is 35.5 Å². The third-order valence-corrected chi connectivity index (χ3v) is 8.49. The molecule has 0 spiro atoms. The van der Waals surface area contributed by atoms with Gasteiger partial charge in [-0.15, -0.1) is 0 Å². The molecule has 0 aliphatic rings. The number of carbonyl (C=O) groups is 3. The van der Waals surface area contributed by atoms with Crippen molar-refractivity contribution in [3.8, 4) is 0 Å². The molecule has 0 radical (unpaired) electrons. The second kappa shape index (κ2) is 19.7. The highest BCUT2D eigenvalue weighted by atomic mass is 16.6. The van der Waals surface area contributed by atoms with E-state index in [1.54, 1.807) is 40.7 Å². The molecule has 3 aromatic carbocycles. The van der Waals surface area contributed by atoms with Gasteiger partial charge in [0.2, 0.25) is 5.91 Å². The smallest absolute Gasteiger partial charge is 0.408 e. The first-order valence-corrected chi connectivity index (χ1v) is 18.0. The van der Waals surface area contributed by atoms with Crippen LogP contribution in [0.3, 0.4) is 0 Å². The Balaban J connectivity index is 1.37. The zero-order valence-corrected chi connectivity index (χ0v) is 31.1. The summed E-state index contributed by atoms with van der Waals surface area (Å²) in [7, 11) is 0. The molecule has 0 unspecified atom stereocenters. The fourth-order valence-electron chi connectivity index (χ4n) is 5.73. The van der Waals surface area contributed by atoms with Crippen LogP contribution in [0.5, 0.6) is 0 Å². The summed E-state index contributed by atoms with van der Waals surface area (Å²) in [5.74, 6) is -0.784. The number of aliphatic hydroxyl groups excluding tert-OH is 2. The van der Waals surface area contributed by atoms with Crippen LogP contribution >= 0.6 is 0 Å². The number of para-hydroxylation sites is 1. The van der Waals surface area contributed by atoms with E-state index in [1.807, 2.05) is 91.0 Å². The Morgan fingerprint density at radius 2 is 1.25 bits per heavy atom. The first-order valence-electron chi connectivity index (χ1n) is 18.0. The summed E-state index contributed by atoms with van der Waals surface area (Å²) in [6.45, 7) is 8.87. The number of carbonyl (C=O) groups excluding carboxylic acids is 3. The molecule has 0 saturated heterocycles. The number of ether oxygens (including phenoxy) is 2. The maximum Gasteiger partial charge on any atom is 0.408 e. The summed E-state index contributed by atoms with van der Waals surface area (Å²) in [6, 6.07) is 27.8. The van der Waals surface area contributed by atoms with Gasteiger partial charge in [0, 0.05) is 18.5 Å². The fourth-order valence-corrected chi connectivity index (χ4v) is 5.73. The SMILES string of the molecule is CC(C)[C@H](NC(=O)OCc1ccc2ccccc2n1)C(=O)N[C@@H](Cc1ccccc1)[C@H](O)CNC[C@@H](O)[C@H](Cc1ccccc1)NC(=O)OC(C)(C)C. The van der Waals surface area contributed by atoms with E-state index >= 15 is 0 Å². The number of rotatable bonds is 17. The second-order valence-electron chi connectivity index (χ2n) is 14.5. The van der Waals surface area contributed by atoms with Crippen LogP contribution in [0.2, 0.25) is 0 Å². The minimum atomic E-state index is -1.09. The fraction of sp³-hybridized carbons (Fsp3) is 0.415. The topological polar surface area (TPSA) is 171 Å². The molecule has 5 atom stereocenters. The average molecular weight is 728 g/mol. The number of aromatic nitrogens is 1. The Bertz CT molecular complexity index is 1750. The minimum Gasteiger partial charge on any atom is -0.444 e. The Morgan fingerprint density at radius 1 is 0.698 bits per heavy atom. The molecule has 4 rings (SSSR count). The third-order valence-electron chi connectivity index (χ3n) is 8.49. The molecule has 0 fully saturated rings. The van der Waals surface area contributed by atoms with Crippen LogP contribution in [0.15, 0.2) is 97.1 Å². The van der Waals surface area contributed by atoms with Crippen LogP contribution in [0.4, 0.5) is 9.59 Å². The van der Waals surface area contributed by atoms with Crippen molar-refractivity contribution in [3.63, 3.8) is 0 Å². The van der Waals surface area contributed by atoms with Crippen molar-refractivity contribution in [1.29, 1.82) is 0 Å². The van der Waals surface area contributed by atoms with Crippen molar-refractivity contribution in [2.75, 3.05) is 13.1 Å². The standard InChI is InChI=1S/C41H53N5O7/c1-27(2)37(46-39(50)52-26-31-21-20-30-18-12-13-19-32(30)43-31)38(49)44-33(22-28-14-8-6-9-15-28)35(47)24-42-25-36(48)34(23-29-16-10-7-11-17-29)45-40(51)53-41(3,4)5/h6-21,27,33-37,42,47-48H,22-26H2,1-5H3,(H,44,49)(H,45,51)(H,46,50)/t33-,34-,35+,36+,37-/m0/s1. The van der Waals surface area contributed by atoms with Crippen molar-refractivity contribution in [2.45, 2.75) is 90.0 Å². The summed E-state index contributed by atoms with van der Waals surface area (Å²) >= 11 is 0. The van der Waals surface area contributed by atoms with Gasteiger partial charge < -0.3 is 41.0 Å². The number of hydrogen-bond acceptors (Lipinski definition) is 9. The average Bonchev–Trinajstić information content (AvgIpc) is 3.12. The largest absolute Gasteiger partial charge is 0.444 e. The molecule has 0 aliphatic heterocycles. The summed E-state index contributed by atoms with van der Waals surface area (Å²) < 4.78 is 10.9. The maximum atomic E-state index is 13.7. The number of amides is 3. The van der Waals surface area contributed by atoms with Gasteiger partial charge in [-0.05, 0) is 62.8 Å². The van der Waals surface area contributed by atoms with Gasteiger partial charge in [-0.25, -0.2) is 14.6 Å². The predicted octanol–water partition coefficient (Wildman–Crippen LogP) is 4.66. The quantitative estimate of drug-likeness (QED) is 0.0906. The number of nitrogens with one attached hydrogen (secondary N) is 4. The Kier molecular flexibility index (Phi) is 15.1. The Morgan fingerprint density at radius 3 is 1.81 bits per heavy atom. The molecule has 0 bridgehead atoms. The van der Waals surface area contributed by atoms with E-state index in [0.29, 0.717) is 18.5 Å². The molecule has 6 N–H and O–H groups in total. The Hall–Kier alpha value is -5.04. The number of alkyl carbamates (subject to hydrolysis) is 2. The lowest BCUT2D eigenvalue weighted by Gasteiger charge is -2.30. The van der Waals surface area contributed by atoms with E-state index in [2.05, 4.69) is 26.3 Å². The van der Waals surface area contributed by atoms with Crippen LogP contribution in [-0.4, -0.2) is 82.3 Å². The van der Waals surface area contributed by atoms with Gasteiger partial charge in [0.25, 0.3) is 0 Å². The lowest BCUT2D eigenvalue weighted by molar-refractivity contribution is -0.125. The van der Waals surface area contributed by atoms with Gasteiger partial charge in [-0.2, -0.15) is 0 Å². The van der Waals surface area contributed by atoms with E-state index in [9.17, 15) is 24.6 Å². The maximum absolute atomic E-state index is 13.7. The Labute approximate surface area is 311 Å². The van der Waals surface area contributed by atoms with Gasteiger partial charge in [0.1, 0.15) is 18.2 Å². The number of pyridine rings is 1. The molecular formula is C41H53N5O7. The van der Waals surface area contributed by atoms with E-state index in [0.717, 1.165) is 22.0 Å². The number of benzene rings is 3. The van der Waals surface area contributed by atoms with E-state index in [1.165, 1.54) is 0 Å². The van der Waals surface area contributed by atoms with Crippen molar-refractivity contribution in [2.24, 2.45) is 5.92 Å². The van der Waals surface area contributed by atoms with Crippen LogP contribution < -0.4 is 21.3 Å². The summed E-state index contributed by atoms with van der Waals surface area (Å²) in [5.41, 5.74) is 2.44. The minimum absolute atomic E-state index is 0.0138. The number of nitrogens with zero attached hydrogens (tertiary/aromatic N) is 1. The van der Waals surface area contributed by atoms with Crippen molar-refractivity contribution >= 4 is 29.0 Å². The van der Waals surface area contributed by atoms with Gasteiger partial charge in [-0.1, -0.05) is 98.8 Å². The number of fused-ring (bicyclic) bond motifs is 1. The first kappa shape index (κ1) is 40.7. The van der Waals surface area contributed by atoms with Gasteiger partial charge >= 0.3 is 12.2 Å². The molecule has 4 aromatic rings. The molecule has 0 aliphatic carbocycles. The normalized spacial score (nSPS) is 14.4. The monoisotopic (exact) mass is 727 g/mol. The summed E-state index contributed by atoms with van der Waals surface area (Å²) in [6.07, 6.45) is -2.89. The zero-order valence-electron chi connectivity index (χ0n) is 31.1. The van der Waals surface area contributed by atoms with E-state index < -0.39 is 54.0 Å². The van der Waals surface area contributed by atoms with E-state index in [4.69, 9.17) is 9.47 Å². The van der Waals surface area contributed by atoms with Gasteiger partial charge in [0.15, 0.2) is 0 Å². The molecule has 0 saturated carbocycles. The zero-order chi connectivity index (χ0) is 38.4. The second-order valence-corrected chi connectivity index (χ2v) is 14.5. The summed E-state index contributed by atoms with van der Waals surface area (Å²) in [5, 5.41) is 35.1. The lowest BCUT2D eigenvalue weighted by atomic mass is 9.98. The summed E-state index contributed by atoms with van der Waals surface area (Å²) in [4.78, 5) is 43.7. The van der Waals surface area contributed by atoms with Gasteiger partial charge in [-0.3, -0.25) is 4.79 Å². The predicted molar refractivity (Wildman–Crippen MR) is 204 cm³/mol. The molecule has 53 heavy (non-hydrogen) atoms. The van der Waals surface area contributed by atoms with Crippen molar-refractivity contribution in [1.82, 2.24) is 26.3 Å². The van der Waals surface area contributed by atoms with Crippen LogP contribution in [0.25, 0.3) is 10.9 Å². The molecule has 3 amide bonds. The van der Waals surface area contributed by atoms with Crippen LogP contribution in [0, 0.1) is 5.92 Å². The highest BCUT2D eigenvalue weighted by Crippen LogP contribution is 2.14. The lowest BCUT2D eigenvalue weighted by Crippen LogP contribution is -2.57. The molecule has 1 aromatic heterocycles. The highest BCUT2D eigenvalue weighted by molar-refractivity contribution is 5.86. The van der Waals surface area contributed by atoms with Crippen LogP contribution in [-0.2, 0) is 33.7 Å². The molecule has 12 heteroatoms. The molecule has 12 nitrogen and oxygen atoms in total. The van der Waals surface area contributed by atoms with E-state index in [-0.39, 0.29) is 25.6 Å². The molecule has 284 valence electrons. The first-order chi connectivity index (χ1) is 25.3. The van der Waals surface area contributed by atoms with Crippen LogP contribution in [0.1, 0.15) is 51.4 Å². The number of aliphatic hydroxyl groups is 2. The van der Waals surface area contributed by atoms with Crippen molar-refractivity contribution in [3.05, 3.63) is 114 Å².